The molecule has 3 heteroatoms. The second kappa shape index (κ2) is 7.66. The summed E-state index contributed by atoms with van der Waals surface area (Å²) in [6.07, 6.45) is 5.52. The number of carbonyl (C=O) groups is 1. The molecule has 1 amide bonds. The maximum absolute atomic E-state index is 11.5. The lowest BCUT2D eigenvalue weighted by molar-refractivity contribution is -0.121. The van der Waals surface area contributed by atoms with E-state index in [-0.39, 0.29) is 5.91 Å². The molecule has 1 unspecified atom stereocenters. The molecule has 1 atom stereocenters. The molecule has 0 aromatic heterocycles. The highest BCUT2D eigenvalue weighted by atomic mass is 16.1. The first-order valence-electron chi connectivity index (χ1n) is 6.71. The van der Waals surface area contributed by atoms with Crippen molar-refractivity contribution < 1.29 is 4.79 Å². The number of rotatable bonds is 3. The first-order valence-corrected chi connectivity index (χ1v) is 6.71. The van der Waals surface area contributed by atoms with Crippen LogP contribution in [0.4, 0.5) is 0 Å². The van der Waals surface area contributed by atoms with Crippen molar-refractivity contribution in [2.45, 2.75) is 46.0 Å². The van der Waals surface area contributed by atoms with Gasteiger partial charge in [-0.2, -0.15) is 0 Å². The predicted octanol–water partition coefficient (Wildman–Crippen LogP) is 2.02. The van der Waals surface area contributed by atoms with E-state index in [1.165, 1.54) is 19.3 Å². The zero-order valence-corrected chi connectivity index (χ0v) is 10.8. The number of nitrogens with zero attached hydrogens (tertiary/aromatic N) is 1. The zero-order chi connectivity index (χ0) is 11.8. The van der Waals surface area contributed by atoms with E-state index in [1.807, 2.05) is 0 Å². The summed E-state index contributed by atoms with van der Waals surface area (Å²) >= 11 is 0. The van der Waals surface area contributed by atoms with Crippen molar-refractivity contribution in [1.29, 1.82) is 0 Å². The highest BCUT2D eigenvalue weighted by Crippen LogP contribution is 2.08. The Hall–Kier alpha value is -0.570. The third kappa shape index (κ3) is 5.50. The molecule has 0 radical (unpaired) electrons. The summed E-state index contributed by atoms with van der Waals surface area (Å²) in [4.78, 5) is 13.9. The third-order valence-corrected chi connectivity index (χ3v) is 3.40. The smallest absolute Gasteiger partial charge is 0.221 e. The highest BCUT2D eigenvalue weighted by Gasteiger charge is 2.12. The van der Waals surface area contributed by atoms with Crippen molar-refractivity contribution in [1.82, 2.24) is 10.2 Å². The van der Waals surface area contributed by atoms with Crippen LogP contribution >= 0.6 is 0 Å². The molecule has 0 saturated carbocycles. The van der Waals surface area contributed by atoms with Crippen LogP contribution in [0.3, 0.4) is 0 Å². The minimum absolute atomic E-state index is 0.219. The Kier molecular flexibility index (Phi) is 6.46. The lowest BCUT2D eigenvalue weighted by atomic mass is 10.1. The molecule has 1 aliphatic heterocycles. The Morgan fingerprint density at radius 1 is 1.31 bits per heavy atom. The van der Waals surface area contributed by atoms with Crippen LogP contribution in [-0.4, -0.2) is 37.0 Å². The van der Waals surface area contributed by atoms with Gasteiger partial charge in [-0.05, 0) is 25.3 Å². The molecule has 16 heavy (non-hydrogen) atoms. The van der Waals surface area contributed by atoms with Crippen LogP contribution in [0.5, 0.6) is 0 Å². The molecule has 1 rings (SSSR count). The van der Waals surface area contributed by atoms with Gasteiger partial charge in [0.1, 0.15) is 0 Å². The molecule has 0 bridgehead atoms. The van der Waals surface area contributed by atoms with Gasteiger partial charge in [-0.3, -0.25) is 4.79 Å². The Balaban J connectivity index is 2.37. The average molecular weight is 226 g/mol. The normalized spacial score (nSPS) is 22.5. The molecule has 3 nitrogen and oxygen atoms in total. The maximum Gasteiger partial charge on any atom is 0.221 e. The first-order chi connectivity index (χ1) is 7.72. The van der Waals surface area contributed by atoms with Crippen LogP contribution in [0.15, 0.2) is 0 Å². The number of carbonyl (C=O) groups excluding carboxylic acids is 1. The van der Waals surface area contributed by atoms with Gasteiger partial charge < -0.3 is 10.2 Å². The first kappa shape index (κ1) is 13.5. The Morgan fingerprint density at radius 3 is 2.88 bits per heavy atom. The van der Waals surface area contributed by atoms with E-state index < -0.39 is 0 Å². The molecule has 1 saturated heterocycles. The molecule has 94 valence electrons. The molecule has 0 spiro atoms. The molecule has 0 aliphatic carbocycles. The van der Waals surface area contributed by atoms with Crippen molar-refractivity contribution in [3.8, 4) is 0 Å². The zero-order valence-electron chi connectivity index (χ0n) is 10.8. The van der Waals surface area contributed by atoms with Gasteiger partial charge in [-0.15, -0.1) is 0 Å². The summed E-state index contributed by atoms with van der Waals surface area (Å²) in [6.45, 7) is 8.62. The van der Waals surface area contributed by atoms with Crippen molar-refractivity contribution >= 4 is 5.91 Å². The van der Waals surface area contributed by atoms with E-state index in [4.69, 9.17) is 0 Å². The van der Waals surface area contributed by atoms with Crippen molar-refractivity contribution in [3.63, 3.8) is 0 Å². The minimum atomic E-state index is 0.219. The molecular weight excluding hydrogens is 200 g/mol. The van der Waals surface area contributed by atoms with Crippen LogP contribution in [-0.2, 0) is 4.79 Å². The summed E-state index contributed by atoms with van der Waals surface area (Å²) in [7, 11) is 0. The predicted molar refractivity (Wildman–Crippen MR) is 67.4 cm³/mol. The van der Waals surface area contributed by atoms with Crippen molar-refractivity contribution in [2.24, 2.45) is 5.92 Å². The van der Waals surface area contributed by atoms with Gasteiger partial charge in [0.25, 0.3) is 0 Å². The summed E-state index contributed by atoms with van der Waals surface area (Å²) in [5, 5.41) is 2.97. The van der Waals surface area contributed by atoms with Crippen LogP contribution in [0.1, 0.15) is 46.0 Å². The van der Waals surface area contributed by atoms with Crippen molar-refractivity contribution in [3.05, 3.63) is 0 Å². The molecule has 1 N–H and O–H groups in total. The van der Waals surface area contributed by atoms with E-state index in [0.29, 0.717) is 6.42 Å². The van der Waals surface area contributed by atoms with E-state index in [2.05, 4.69) is 24.1 Å². The lowest BCUT2D eigenvalue weighted by Gasteiger charge is -2.25. The lowest BCUT2D eigenvalue weighted by Crippen LogP contribution is -2.35. The van der Waals surface area contributed by atoms with Gasteiger partial charge in [-0.1, -0.05) is 26.7 Å². The summed E-state index contributed by atoms with van der Waals surface area (Å²) in [5.74, 6) is 0.960. The topological polar surface area (TPSA) is 32.3 Å². The maximum atomic E-state index is 11.5. The fraction of sp³-hybridized carbons (Fsp3) is 0.923. The second-order valence-corrected chi connectivity index (χ2v) is 4.97. The molecular formula is C13H26N2O. The summed E-state index contributed by atoms with van der Waals surface area (Å²) in [5.41, 5.74) is 0. The van der Waals surface area contributed by atoms with Gasteiger partial charge >= 0.3 is 0 Å². The van der Waals surface area contributed by atoms with Gasteiger partial charge in [0.05, 0.1) is 0 Å². The SMILES string of the molecule is CCC(C)CN1CCCCCNC(=O)CC1. The molecule has 1 heterocycles. The number of amides is 1. The van der Waals surface area contributed by atoms with Crippen LogP contribution in [0.2, 0.25) is 0 Å². The largest absolute Gasteiger partial charge is 0.356 e. The Bertz CT molecular complexity index is 206. The van der Waals surface area contributed by atoms with Gasteiger partial charge in [0, 0.05) is 26.1 Å². The fourth-order valence-electron chi connectivity index (χ4n) is 2.08. The third-order valence-electron chi connectivity index (χ3n) is 3.40. The summed E-state index contributed by atoms with van der Waals surface area (Å²) in [6, 6.07) is 0. The van der Waals surface area contributed by atoms with Crippen LogP contribution < -0.4 is 5.32 Å². The Morgan fingerprint density at radius 2 is 2.12 bits per heavy atom. The fourth-order valence-corrected chi connectivity index (χ4v) is 2.08. The second-order valence-electron chi connectivity index (χ2n) is 4.97. The Labute approximate surface area is 99.6 Å². The number of hydrogen-bond acceptors (Lipinski definition) is 2. The van der Waals surface area contributed by atoms with E-state index in [9.17, 15) is 4.79 Å². The minimum Gasteiger partial charge on any atom is -0.356 e. The monoisotopic (exact) mass is 226 g/mol. The molecule has 1 fully saturated rings. The van der Waals surface area contributed by atoms with Crippen LogP contribution in [0.25, 0.3) is 0 Å². The standard InChI is InChI=1S/C13H26N2O/c1-3-12(2)11-15-9-6-4-5-8-14-13(16)7-10-15/h12H,3-11H2,1-2H3,(H,14,16). The average Bonchev–Trinajstić information content (AvgIpc) is 2.29. The van der Waals surface area contributed by atoms with E-state index in [0.717, 1.165) is 38.5 Å². The summed E-state index contributed by atoms with van der Waals surface area (Å²) < 4.78 is 0. The highest BCUT2D eigenvalue weighted by molar-refractivity contribution is 5.75. The van der Waals surface area contributed by atoms with Crippen LogP contribution in [0, 0.1) is 5.92 Å². The quantitative estimate of drug-likeness (QED) is 0.798. The number of hydrogen-bond donors (Lipinski definition) is 1. The van der Waals surface area contributed by atoms with Gasteiger partial charge in [0.2, 0.25) is 5.91 Å². The molecule has 0 aromatic carbocycles. The number of nitrogens with one attached hydrogen (secondary N) is 1. The molecule has 0 aromatic rings. The van der Waals surface area contributed by atoms with E-state index in [1.54, 1.807) is 0 Å². The molecule has 1 aliphatic rings. The van der Waals surface area contributed by atoms with Gasteiger partial charge in [0.15, 0.2) is 0 Å². The van der Waals surface area contributed by atoms with Gasteiger partial charge in [-0.25, -0.2) is 0 Å². The van der Waals surface area contributed by atoms with Crippen molar-refractivity contribution in [2.75, 3.05) is 26.2 Å². The van der Waals surface area contributed by atoms with E-state index >= 15 is 0 Å².